The van der Waals surface area contributed by atoms with Crippen LogP contribution in [0.25, 0.3) is 11.6 Å². The zero-order chi connectivity index (χ0) is 15.2. The lowest BCUT2D eigenvalue weighted by Crippen LogP contribution is -1.93. The molecule has 0 spiro atoms. The van der Waals surface area contributed by atoms with Crippen molar-refractivity contribution in [3.63, 3.8) is 0 Å². The van der Waals surface area contributed by atoms with E-state index in [0.29, 0.717) is 23.4 Å². The number of benzene rings is 1. The largest absolute Gasteiger partial charge is 0.503 e. The number of halogens is 1. The number of hydrogen-bond acceptors (Lipinski definition) is 4. The van der Waals surface area contributed by atoms with Crippen LogP contribution in [0, 0.1) is 11.3 Å². The number of allylic oxidation sites excluding steroid dienone is 1. The van der Waals surface area contributed by atoms with Gasteiger partial charge in [-0.15, -0.1) is 0 Å². The maximum atomic E-state index is 9.81. The molecule has 106 valence electrons. The summed E-state index contributed by atoms with van der Waals surface area (Å²) in [6.45, 7) is 2.22. The second kappa shape index (κ2) is 6.78. The van der Waals surface area contributed by atoms with Crippen LogP contribution in [-0.4, -0.2) is 16.7 Å². The molecule has 0 aliphatic heterocycles. The van der Waals surface area contributed by atoms with Crippen LogP contribution in [0.3, 0.4) is 0 Å². The molecule has 0 radical (unpaired) electrons. The first kappa shape index (κ1) is 14.9. The normalized spacial score (nSPS) is 11.0. The van der Waals surface area contributed by atoms with E-state index in [0.717, 1.165) is 0 Å². The van der Waals surface area contributed by atoms with Gasteiger partial charge in [-0.05, 0) is 42.8 Å². The Hall–Kier alpha value is -2.51. The fraction of sp³-hybridized carbons (Fsp3) is 0.125. The maximum absolute atomic E-state index is 9.81. The lowest BCUT2D eigenvalue weighted by Gasteiger charge is -2.08. The number of pyridine rings is 1. The Balaban J connectivity index is 2.46. The van der Waals surface area contributed by atoms with E-state index in [9.17, 15) is 10.4 Å². The monoisotopic (exact) mass is 300 g/mol. The summed E-state index contributed by atoms with van der Waals surface area (Å²) in [7, 11) is 0. The van der Waals surface area contributed by atoms with Gasteiger partial charge in [0.05, 0.1) is 22.9 Å². The third-order valence-electron chi connectivity index (χ3n) is 2.72. The predicted molar refractivity (Wildman–Crippen MR) is 82.0 cm³/mol. The van der Waals surface area contributed by atoms with Gasteiger partial charge in [0.25, 0.3) is 0 Å². The second-order valence-corrected chi connectivity index (χ2v) is 4.57. The number of ether oxygens (including phenoxy) is 1. The molecule has 5 heteroatoms. The Bertz CT molecular complexity index is 706. The molecule has 0 fully saturated rings. The van der Waals surface area contributed by atoms with Crippen molar-refractivity contribution in [1.29, 1.82) is 5.26 Å². The molecule has 0 aliphatic rings. The quantitative estimate of drug-likeness (QED) is 0.870. The van der Waals surface area contributed by atoms with Gasteiger partial charge >= 0.3 is 0 Å². The molecule has 0 bridgehead atoms. The first-order valence-electron chi connectivity index (χ1n) is 6.34. The molecule has 1 N–H and O–H groups in total. The number of hydrogen-bond donors (Lipinski definition) is 1. The number of rotatable bonds is 4. The van der Waals surface area contributed by atoms with E-state index in [-0.39, 0.29) is 16.5 Å². The third-order valence-corrected chi connectivity index (χ3v) is 3.01. The van der Waals surface area contributed by atoms with E-state index in [1.165, 1.54) is 0 Å². The SMILES string of the molecule is CCOc1cc(/C=C(\C#N)c2ccccn2)cc(Cl)c1O. The molecule has 0 aliphatic carbocycles. The second-order valence-electron chi connectivity index (χ2n) is 4.17. The van der Waals surface area contributed by atoms with Crippen molar-refractivity contribution in [3.8, 4) is 17.6 Å². The van der Waals surface area contributed by atoms with Gasteiger partial charge in [0.1, 0.15) is 6.07 Å². The lowest BCUT2D eigenvalue weighted by molar-refractivity contribution is 0.318. The van der Waals surface area contributed by atoms with Crippen LogP contribution in [0.5, 0.6) is 11.5 Å². The highest BCUT2D eigenvalue weighted by atomic mass is 35.5. The van der Waals surface area contributed by atoms with Crippen molar-refractivity contribution < 1.29 is 9.84 Å². The Morgan fingerprint density at radius 2 is 2.29 bits per heavy atom. The average molecular weight is 301 g/mol. The highest BCUT2D eigenvalue weighted by Gasteiger charge is 2.10. The van der Waals surface area contributed by atoms with E-state index in [1.54, 1.807) is 36.5 Å². The van der Waals surface area contributed by atoms with Gasteiger partial charge in [-0.2, -0.15) is 5.26 Å². The fourth-order valence-electron chi connectivity index (χ4n) is 1.79. The first-order chi connectivity index (χ1) is 10.2. The van der Waals surface area contributed by atoms with Crippen LogP contribution >= 0.6 is 11.6 Å². The van der Waals surface area contributed by atoms with E-state index >= 15 is 0 Å². The van der Waals surface area contributed by atoms with Gasteiger partial charge < -0.3 is 9.84 Å². The molecule has 0 unspecified atom stereocenters. The smallest absolute Gasteiger partial charge is 0.176 e. The topological polar surface area (TPSA) is 66.1 Å². The zero-order valence-corrected chi connectivity index (χ0v) is 12.1. The molecule has 21 heavy (non-hydrogen) atoms. The van der Waals surface area contributed by atoms with Crippen molar-refractivity contribution in [3.05, 3.63) is 52.8 Å². The van der Waals surface area contributed by atoms with Crippen LogP contribution in [0.4, 0.5) is 0 Å². The molecular formula is C16H13ClN2O2. The number of phenols is 1. The lowest BCUT2D eigenvalue weighted by atomic mass is 10.1. The molecule has 1 heterocycles. The summed E-state index contributed by atoms with van der Waals surface area (Å²) in [5.41, 5.74) is 1.63. The van der Waals surface area contributed by atoms with E-state index < -0.39 is 0 Å². The molecule has 0 saturated heterocycles. The summed E-state index contributed by atoms with van der Waals surface area (Å²) in [6.07, 6.45) is 3.27. The summed E-state index contributed by atoms with van der Waals surface area (Å²) in [4.78, 5) is 4.14. The fourth-order valence-corrected chi connectivity index (χ4v) is 2.01. The van der Waals surface area contributed by atoms with E-state index in [4.69, 9.17) is 16.3 Å². The Morgan fingerprint density at radius 1 is 1.48 bits per heavy atom. The molecule has 2 aromatic rings. The summed E-state index contributed by atoms with van der Waals surface area (Å²) in [5.74, 6) is 0.182. The van der Waals surface area contributed by atoms with Crippen molar-refractivity contribution >= 4 is 23.3 Å². The van der Waals surface area contributed by atoms with Crippen LogP contribution < -0.4 is 4.74 Å². The Morgan fingerprint density at radius 3 is 2.90 bits per heavy atom. The molecule has 0 atom stereocenters. The van der Waals surface area contributed by atoms with Gasteiger partial charge in [-0.1, -0.05) is 17.7 Å². The molecule has 4 nitrogen and oxygen atoms in total. The molecule has 1 aromatic heterocycles. The molecule has 2 rings (SSSR count). The third kappa shape index (κ3) is 3.53. The minimum absolute atomic E-state index is 0.105. The number of nitriles is 1. The predicted octanol–water partition coefficient (Wildman–Crippen LogP) is 3.90. The van der Waals surface area contributed by atoms with Gasteiger partial charge in [0.15, 0.2) is 11.5 Å². The van der Waals surface area contributed by atoms with Gasteiger partial charge in [-0.25, -0.2) is 0 Å². The van der Waals surface area contributed by atoms with Crippen LogP contribution in [0.1, 0.15) is 18.2 Å². The zero-order valence-electron chi connectivity index (χ0n) is 11.4. The Kier molecular flexibility index (Phi) is 4.81. The Labute approximate surface area is 127 Å². The first-order valence-corrected chi connectivity index (χ1v) is 6.72. The summed E-state index contributed by atoms with van der Waals surface area (Å²) >= 11 is 5.97. The number of nitrogens with zero attached hydrogens (tertiary/aromatic N) is 2. The van der Waals surface area contributed by atoms with Gasteiger partial charge in [0, 0.05) is 6.20 Å². The molecular weight excluding hydrogens is 288 g/mol. The van der Waals surface area contributed by atoms with Gasteiger partial charge in [-0.3, -0.25) is 4.98 Å². The van der Waals surface area contributed by atoms with Crippen molar-refractivity contribution in [2.75, 3.05) is 6.61 Å². The summed E-state index contributed by atoms with van der Waals surface area (Å²) in [5, 5.41) is 19.2. The number of phenolic OH excluding ortho intramolecular Hbond substituents is 1. The number of aromatic nitrogens is 1. The number of aromatic hydroxyl groups is 1. The highest BCUT2D eigenvalue weighted by Crippen LogP contribution is 2.36. The summed E-state index contributed by atoms with van der Waals surface area (Å²) < 4.78 is 5.32. The molecule has 1 aromatic carbocycles. The minimum atomic E-state index is -0.105. The van der Waals surface area contributed by atoms with E-state index in [2.05, 4.69) is 11.1 Å². The van der Waals surface area contributed by atoms with Crippen LogP contribution in [0.2, 0.25) is 5.02 Å². The van der Waals surface area contributed by atoms with Crippen LogP contribution in [-0.2, 0) is 0 Å². The van der Waals surface area contributed by atoms with E-state index in [1.807, 2.05) is 13.0 Å². The maximum Gasteiger partial charge on any atom is 0.176 e. The van der Waals surface area contributed by atoms with Gasteiger partial charge in [0.2, 0.25) is 0 Å². The van der Waals surface area contributed by atoms with Crippen molar-refractivity contribution in [2.45, 2.75) is 6.92 Å². The molecule has 0 saturated carbocycles. The highest BCUT2D eigenvalue weighted by molar-refractivity contribution is 6.32. The molecule has 0 amide bonds. The van der Waals surface area contributed by atoms with Crippen LogP contribution in [0.15, 0.2) is 36.5 Å². The van der Waals surface area contributed by atoms with Crippen molar-refractivity contribution in [1.82, 2.24) is 4.98 Å². The van der Waals surface area contributed by atoms with Crippen molar-refractivity contribution in [2.24, 2.45) is 0 Å². The summed E-state index contributed by atoms with van der Waals surface area (Å²) in [6, 6.07) is 10.6. The standard InChI is InChI=1S/C16H13ClN2O2/c1-2-21-15-9-11(8-13(17)16(15)20)7-12(10-18)14-5-3-4-6-19-14/h3-9,20H,2H2,1H3/b12-7+. The average Bonchev–Trinajstić information content (AvgIpc) is 2.50. The minimum Gasteiger partial charge on any atom is -0.503 e.